The van der Waals surface area contributed by atoms with E-state index in [1.165, 1.54) is 12.5 Å². The van der Waals surface area contributed by atoms with E-state index in [4.69, 9.17) is 37.9 Å². The van der Waals surface area contributed by atoms with Crippen LogP contribution < -0.4 is 0 Å². The Morgan fingerprint density at radius 3 is 1.81 bits per heavy atom. The number of hydrogen-bond acceptors (Lipinski definition) is 23. The first kappa shape index (κ1) is 60.6. The minimum absolute atomic E-state index is 0.0367. The molecule has 0 aromatic heterocycles. The number of Topliss-reactive ketones (excluding diaryl/α,β-unsaturated/α-hetero) is 1. The molecule has 5 aliphatic carbocycles. The summed E-state index contributed by atoms with van der Waals surface area (Å²) in [5, 5.41) is 154. The van der Waals surface area contributed by atoms with Gasteiger partial charge in [-0.1, -0.05) is 60.1 Å². The molecule has 78 heavy (non-hydrogen) atoms. The highest BCUT2D eigenvalue weighted by atomic mass is 16.8. The molecule has 24 heteroatoms. The molecule has 29 unspecified atom stereocenters. The number of aliphatic hydroxyl groups is 13. The zero-order valence-corrected chi connectivity index (χ0v) is 45.6. The zero-order chi connectivity index (χ0) is 57.3. The molecule has 4 heterocycles. The van der Waals surface area contributed by atoms with Crippen molar-refractivity contribution in [2.75, 3.05) is 19.8 Å². The fourth-order valence-electron chi connectivity index (χ4n) is 16.5. The molecule has 4 saturated heterocycles. The second-order valence-corrected chi connectivity index (χ2v) is 26.3. The summed E-state index contributed by atoms with van der Waals surface area (Å²) in [6.07, 6.45) is -32.4. The van der Waals surface area contributed by atoms with E-state index in [1.54, 1.807) is 0 Å². The minimum atomic E-state index is -2.24. The number of aliphatic carboxylic acids is 1. The van der Waals surface area contributed by atoms with Gasteiger partial charge in [-0.15, -0.1) is 0 Å². The lowest BCUT2D eigenvalue weighted by Crippen LogP contribution is -2.69. The van der Waals surface area contributed by atoms with Crippen molar-refractivity contribution in [3.8, 4) is 0 Å². The number of allylic oxidation sites excluding steroid dienone is 2. The molecule has 9 aliphatic rings. The molecule has 24 nitrogen and oxygen atoms in total. The van der Waals surface area contributed by atoms with Crippen LogP contribution in [0.2, 0.25) is 0 Å². The van der Waals surface area contributed by atoms with Gasteiger partial charge in [0.15, 0.2) is 31.3 Å². The molecule has 446 valence electrons. The van der Waals surface area contributed by atoms with Crippen LogP contribution in [0.5, 0.6) is 0 Å². The number of fused-ring (bicyclic) bond motifs is 7. The number of aliphatic hydroxyl groups excluding tert-OH is 13. The molecule has 4 aliphatic heterocycles. The summed E-state index contributed by atoms with van der Waals surface area (Å²) < 4.78 is 48.5. The van der Waals surface area contributed by atoms with Gasteiger partial charge >= 0.3 is 5.97 Å². The van der Waals surface area contributed by atoms with E-state index in [0.717, 1.165) is 6.42 Å². The van der Waals surface area contributed by atoms with E-state index in [-0.39, 0.29) is 47.4 Å². The highest BCUT2D eigenvalue weighted by Gasteiger charge is 2.71. The number of ketones is 1. The van der Waals surface area contributed by atoms with Crippen molar-refractivity contribution in [2.24, 2.45) is 50.2 Å². The molecule has 4 saturated carbocycles. The summed E-state index contributed by atoms with van der Waals surface area (Å²) in [5.41, 5.74) is -2.31. The Bertz CT molecular complexity index is 2210. The van der Waals surface area contributed by atoms with Gasteiger partial charge in [0.05, 0.1) is 38.1 Å². The Balaban J connectivity index is 1.03. The van der Waals surface area contributed by atoms with Crippen molar-refractivity contribution in [2.45, 2.75) is 242 Å². The van der Waals surface area contributed by atoms with Crippen molar-refractivity contribution in [3.05, 3.63) is 11.6 Å². The van der Waals surface area contributed by atoms with Gasteiger partial charge in [-0.3, -0.25) is 4.79 Å². The van der Waals surface area contributed by atoms with Gasteiger partial charge < -0.3 is 109 Å². The normalized spacial score (nSPS) is 53.9. The van der Waals surface area contributed by atoms with Crippen molar-refractivity contribution in [3.63, 3.8) is 0 Å². The van der Waals surface area contributed by atoms with Crippen LogP contribution in [0.3, 0.4) is 0 Å². The number of hydrogen-bond donors (Lipinski definition) is 14. The number of rotatable bonds is 12. The summed E-state index contributed by atoms with van der Waals surface area (Å²) >= 11 is 0. The highest BCUT2D eigenvalue weighted by Crippen LogP contribution is 2.76. The van der Waals surface area contributed by atoms with E-state index in [1.807, 2.05) is 27.7 Å². The molecule has 0 radical (unpaired) electrons. The average molecular weight is 1120 g/mol. The molecule has 0 spiro atoms. The van der Waals surface area contributed by atoms with E-state index in [2.05, 4.69) is 26.8 Å². The minimum Gasteiger partial charge on any atom is -0.479 e. The first-order chi connectivity index (χ1) is 36.4. The molecule has 0 aromatic carbocycles. The molecular formula is C54H86O24. The summed E-state index contributed by atoms with van der Waals surface area (Å²) in [5.74, 6) is -1.83. The second-order valence-electron chi connectivity index (χ2n) is 26.3. The van der Waals surface area contributed by atoms with Gasteiger partial charge in [0.1, 0.15) is 91.2 Å². The van der Waals surface area contributed by atoms with Gasteiger partial charge in [-0.25, -0.2) is 4.79 Å². The van der Waals surface area contributed by atoms with E-state index in [9.17, 15) is 81.1 Å². The first-order valence-electron chi connectivity index (χ1n) is 27.7. The molecule has 0 bridgehead atoms. The first-order valence-corrected chi connectivity index (χ1v) is 27.7. The third-order valence-corrected chi connectivity index (χ3v) is 21.5. The van der Waals surface area contributed by atoms with Crippen molar-refractivity contribution >= 4 is 11.8 Å². The number of carboxylic acid groups (broad SMARTS) is 1. The molecule has 8 fully saturated rings. The largest absolute Gasteiger partial charge is 0.479 e. The highest BCUT2D eigenvalue weighted by molar-refractivity contribution is 5.86. The van der Waals surface area contributed by atoms with Gasteiger partial charge in [-0.05, 0) is 91.3 Å². The number of ether oxygens (including phenoxy) is 8. The molecule has 0 amide bonds. The van der Waals surface area contributed by atoms with Crippen LogP contribution in [0.1, 0.15) is 107 Å². The van der Waals surface area contributed by atoms with Crippen LogP contribution >= 0.6 is 0 Å². The lowest BCUT2D eigenvalue weighted by molar-refractivity contribution is -0.402. The Morgan fingerprint density at radius 2 is 1.19 bits per heavy atom. The van der Waals surface area contributed by atoms with Crippen molar-refractivity contribution in [1.82, 2.24) is 0 Å². The van der Waals surface area contributed by atoms with E-state index in [0.29, 0.717) is 38.5 Å². The maximum atomic E-state index is 13.5. The van der Waals surface area contributed by atoms with Crippen LogP contribution in [-0.2, 0) is 47.5 Å². The van der Waals surface area contributed by atoms with Crippen LogP contribution in [-0.4, -0.2) is 238 Å². The Kier molecular flexibility index (Phi) is 16.8. The van der Waals surface area contributed by atoms with Crippen LogP contribution in [0, 0.1) is 50.2 Å². The third-order valence-electron chi connectivity index (χ3n) is 21.5. The standard InChI is InChI=1S/C54H86O24/c1-21-31(60)34(63)36(65)45(71-21)75-40-33(62)25(19-56)73-47(39(40)68)76-41-38(67)42(44(69)70)77-48(43(41)78-46-37(66)35(64)32(61)24(18-55)72-46)74-30-12-13-51(6)26(50(30,4)5)11-14-52(7)27(51)10-9-22-23-15-49(2,3)28(58)17-54(23,20-57)29(59)16-53(22,52)8/h9,21,23-27,29-43,45-48,55-57,59-68H,10-20H2,1-8H3,(H,69,70). The number of carboxylic acids is 1. The van der Waals surface area contributed by atoms with Gasteiger partial charge in [0.25, 0.3) is 0 Å². The smallest absolute Gasteiger partial charge is 0.335 e. The predicted molar refractivity (Wildman–Crippen MR) is 264 cm³/mol. The maximum absolute atomic E-state index is 13.5. The Morgan fingerprint density at radius 1 is 0.615 bits per heavy atom. The lowest BCUT2D eigenvalue weighted by Gasteiger charge is -2.72. The lowest BCUT2D eigenvalue weighted by atomic mass is 9.33. The Hall–Kier alpha value is -1.96. The van der Waals surface area contributed by atoms with Crippen LogP contribution in [0.25, 0.3) is 0 Å². The van der Waals surface area contributed by atoms with E-state index < -0.39 is 176 Å². The summed E-state index contributed by atoms with van der Waals surface area (Å²) in [4.78, 5) is 26.6. The third kappa shape index (κ3) is 9.49. The maximum Gasteiger partial charge on any atom is 0.335 e. The molecule has 0 aromatic rings. The van der Waals surface area contributed by atoms with Crippen LogP contribution in [0.15, 0.2) is 11.6 Å². The topological polar surface area (TPSA) is 391 Å². The van der Waals surface area contributed by atoms with Crippen molar-refractivity contribution in [1.29, 1.82) is 0 Å². The zero-order valence-electron chi connectivity index (χ0n) is 45.6. The van der Waals surface area contributed by atoms with Gasteiger partial charge in [-0.2, -0.15) is 0 Å². The van der Waals surface area contributed by atoms with Gasteiger partial charge in [0.2, 0.25) is 0 Å². The number of carbonyl (C=O) groups is 2. The fourth-order valence-corrected chi connectivity index (χ4v) is 16.5. The van der Waals surface area contributed by atoms with Crippen molar-refractivity contribution < 1.29 is 119 Å². The van der Waals surface area contributed by atoms with Crippen LogP contribution in [0.4, 0.5) is 0 Å². The van der Waals surface area contributed by atoms with E-state index >= 15 is 0 Å². The summed E-state index contributed by atoms with van der Waals surface area (Å²) in [6.45, 7) is 14.1. The SMILES string of the molecule is CC1OC(OC2C(O)C(CO)OC(OC3C(O)C(C(=O)O)OC(OC4CCC5(C)C(CCC6(C)C5CC=C5C7CC(C)(C)C(=O)CC7(CO)C(O)CC56C)C4(C)C)C3OC3OC(CO)C(O)C(O)C3O)C2O)C(O)C(O)C1O. The molecule has 14 N–H and O–H groups in total. The second kappa shape index (κ2) is 21.6. The van der Waals surface area contributed by atoms with Gasteiger partial charge in [0, 0.05) is 17.3 Å². The molecule has 9 rings (SSSR count). The Labute approximate surface area is 453 Å². The fraction of sp³-hybridized carbons (Fsp3) is 0.926. The monoisotopic (exact) mass is 1120 g/mol. The molecular weight excluding hydrogens is 1030 g/mol. The molecule has 29 atom stereocenters. The average Bonchev–Trinajstić information content (AvgIpc) is 3.38. The predicted octanol–water partition coefficient (Wildman–Crippen LogP) is -2.29. The number of carbonyl (C=O) groups excluding carboxylic acids is 1. The quantitative estimate of drug-likeness (QED) is 0.0722. The summed E-state index contributed by atoms with van der Waals surface area (Å²) in [6, 6.07) is 0. The summed E-state index contributed by atoms with van der Waals surface area (Å²) in [7, 11) is 0.